The van der Waals surface area contributed by atoms with Crippen molar-refractivity contribution in [1.82, 2.24) is 9.96 Å². The molecule has 1 saturated heterocycles. The van der Waals surface area contributed by atoms with Crippen LogP contribution in [-0.4, -0.2) is 81.4 Å². The molecule has 2 unspecified atom stereocenters. The number of hydroxylamine groups is 2. The van der Waals surface area contributed by atoms with E-state index in [-0.39, 0.29) is 12.0 Å². The van der Waals surface area contributed by atoms with E-state index in [1.807, 2.05) is 59.7 Å². The second-order valence-corrected chi connectivity index (χ2v) is 10.6. The first-order chi connectivity index (χ1) is 19.5. The van der Waals surface area contributed by atoms with Gasteiger partial charge in [0, 0.05) is 39.4 Å². The fraction of sp³-hybridized carbons (Fsp3) is 0.548. The molecule has 0 radical (unpaired) electrons. The Morgan fingerprint density at radius 1 is 1.00 bits per heavy atom. The van der Waals surface area contributed by atoms with Crippen LogP contribution >= 0.6 is 0 Å². The number of hydrogen-bond acceptors (Lipinski definition) is 7. The van der Waals surface area contributed by atoms with Crippen molar-refractivity contribution in [2.75, 3.05) is 52.3 Å². The van der Waals surface area contributed by atoms with Crippen molar-refractivity contribution in [3.05, 3.63) is 54.6 Å². The molecule has 2 amide bonds. The zero-order valence-electron chi connectivity index (χ0n) is 23.9. The van der Waals surface area contributed by atoms with Crippen LogP contribution in [0.3, 0.4) is 0 Å². The van der Waals surface area contributed by atoms with Crippen molar-refractivity contribution in [2.45, 2.75) is 51.4 Å². The van der Waals surface area contributed by atoms with Gasteiger partial charge in [0.05, 0.1) is 25.3 Å². The molecule has 0 spiro atoms. The van der Waals surface area contributed by atoms with Gasteiger partial charge in [-0.15, -0.1) is 0 Å². The van der Waals surface area contributed by atoms with Gasteiger partial charge in [0.25, 0.3) is 0 Å². The Bertz CT molecular complexity index is 1070. The number of anilines is 1. The number of carbonyl (C=O) groups excluding carboxylic acids is 2. The molecule has 2 aromatic rings. The van der Waals surface area contributed by atoms with Gasteiger partial charge in [0.15, 0.2) is 6.29 Å². The van der Waals surface area contributed by atoms with Crippen molar-refractivity contribution in [2.24, 2.45) is 11.8 Å². The first-order valence-electron chi connectivity index (χ1n) is 14.3. The molecule has 1 saturated carbocycles. The summed E-state index contributed by atoms with van der Waals surface area (Å²) < 4.78 is 16.4. The predicted molar refractivity (Wildman–Crippen MR) is 153 cm³/mol. The molecular formula is C31H43N3O6. The Labute approximate surface area is 237 Å². The second-order valence-electron chi connectivity index (χ2n) is 10.6. The highest BCUT2D eigenvalue weighted by molar-refractivity contribution is 5.91. The molecule has 2 fully saturated rings. The van der Waals surface area contributed by atoms with Crippen LogP contribution in [0.2, 0.25) is 0 Å². The van der Waals surface area contributed by atoms with Crippen LogP contribution in [0.5, 0.6) is 0 Å². The van der Waals surface area contributed by atoms with Gasteiger partial charge >= 0.3 is 6.09 Å². The third-order valence-electron chi connectivity index (χ3n) is 7.82. The number of methoxy groups -OCH3 is 2. The number of benzene rings is 2. The number of rotatable bonds is 14. The quantitative estimate of drug-likeness (QED) is 0.323. The Hall–Kier alpha value is -2.98. The highest BCUT2D eigenvalue weighted by atomic mass is 16.7. The molecule has 1 N–H and O–H groups in total. The van der Waals surface area contributed by atoms with Crippen LogP contribution < -0.4 is 5.32 Å². The molecule has 40 heavy (non-hydrogen) atoms. The number of ether oxygens (including phenoxy) is 3. The van der Waals surface area contributed by atoms with Gasteiger partial charge in [-0.05, 0) is 42.7 Å². The normalized spacial score (nSPS) is 20.4. The smallest absolute Gasteiger partial charge is 0.411 e. The van der Waals surface area contributed by atoms with Gasteiger partial charge in [-0.2, -0.15) is 5.06 Å². The van der Waals surface area contributed by atoms with Crippen molar-refractivity contribution in [3.63, 3.8) is 0 Å². The van der Waals surface area contributed by atoms with Crippen molar-refractivity contribution < 1.29 is 28.6 Å². The van der Waals surface area contributed by atoms with E-state index in [1.54, 1.807) is 19.1 Å². The first-order valence-corrected chi connectivity index (χ1v) is 14.3. The number of fused-ring (bicyclic) bond motifs is 1. The molecule has 9 nitrogen and oxygen atoms in total. The minimum atomic E-state index is -0.435. The van der Waals surface area contributed by atoms with E-state index in [0.29, 0.717) is 38.0 Å². The number of para-hydroxylation sites is 1. The van der Waals surface area contributed by atoms with Gasteiger partial charge in [0.1, 0.15) is 6.10 Å². The SMILES string of the molecule is CCCCN(CC(OC)OC)C(=O)CCON1CC2CC(OC(=O)Nc3ccccc3-c3ccccc3)CC2C1. The maximum absolute atomic E-state index is 12.8. The lowest BCUT2D eigenvalue weighted by Gasteiger charge is -2.26. The number of nitrogens with one attached hydrogen (secondary N) is 1. The first kappa shape index (κ1) is 30.0. The fourth-order valence-corrected chi connectivity index (χ4v) is 5.67. The van der Waals surface area contributed by atoms with Crippen molar-refractivity contribution >= 4 is 17.7 Å². The third-order valence-corrected chi connectivity index (χ3v) is 7.82. The topological polar surface area (TPSA) is 89.6 Å². The van der Waals surface area contributed by atoms with Crippen LogP contribution in [0.1, 0.15) is 39.0 Å². The average molecular weight is 554 g/mol. The minimum absolute atomic E-state index is 0.0419. The summed E-state index contributed by atoms with van der Waals surface area (Å²) in [6.07, 6.45) is 2.93. The van der Waals surface area contributed by atoms with Crippen LogP contribution in [0.15, 0.2) is 54.6 Å². The third kappa shape index (κ3) is 8.27. The maximum atomic E-state index is 12.8. The molecule has 218 valence electrons. The number of carbonyl (C=O) groups is 2. The molecular weight excluding hydrogens is 510 g/mol. The Morgan fingerprint density at radius 2 is 1.68 bits per heavy atom. The highest BCUT2D eigenvalue weighted by Crippen LogP contribution is 2.39. The molecule has 1 aliphatic heterocycles. The van der Waals surface area contributed by atoms with Gasteiger partial charge in [0.2, 0.25) is 5.91 Å². The molecule has 0 aromatic heterocycles. The van der Waals surface area contributed by atoms with Crippen LogP contribution in [-0.2, 0) is 23.8 Å². The molecule has 9 heteroatoms. The molecule has 4 rings (SSSR count). The molecule has 2 atom stereocenters. The zero-order chi connectivity index (χ0) is 28.3. The van der Waals surface area contributed by atoms with Gasteiger partial charge < -0.3 is 19.1 Å². The Morgan fingerprint density at radius 3 is 2.35 bits per heavy atom. The second kappa shape index (κ2) is 15.1. The molecule has 2 aliphatic rings. The summed E-state index contributed by atoms with van der Waals surface area (Å²) in [6, 6.07) is 17.7. The van der Waals surface area contributed by atoms with Gasteiger partial charge in [-0.25, -0.2) is 4.79 Å². The molecule has 1 aliphatic carbocycles. The van der Waals surface area contributed by atoms with E-state index in [1.165, 1.54) is 0 Å². The molecule has 2 aromatic carbocycles. The summed E-state index contributed by atoms with van der Waals surface area (Å²) in [5.41, 5.74) is 2.73. The largest absolute Gasteiger partial charge is 0.446 e. The number of nitrogens with zero attached hydrogens (tertiary/aromatic N) is 2. The zero-order valence-corrected chi connectivity index (χ0v) is 23.9. The van der Waals surface area contributed by atoms with Crippen LogP contribution in [0, 0.1) is 11.8 Å². The number of unbranched alkanes of at least 4 members (excludes halogenated alkanes) is 1. The summed E-state index contributed by atoms with van der Waals surface area (Å²) in [5, 5.41) is 4.91. The minimum Gasteiger partial charge on any atom is -0.446 e. The summed E-state index contributed by atoms with van der Waals surface area (Å²) in [7, 11) is 3.16. The van der Waals surface area contributed by atoms with E-state index in [0.717, 1.165) is 55.6 Å². The lowest BCUT2D eigenvalue weighted by Crippen LogP contribution is -2.40. The van der Waals surface area contributed by atoms with Gasteiger partial charge in [-0.3, -0.25) is 14.9 Å². The summed E-state index contributed by atoms with van der Waals surface area (Å²) in [4.78, 5) is 33.3. The number of amides is 2. The Kier molecular flexibility index (Phi) is 11.3. The maximum Gasteiger partial charge on any atom is 0.411 e. The lowest BCUT2D eigenvalue weighted by molar-refractivity contribution is -0.162. The monoisotopic (exact) mass is 553 g/mol. The Balaban J connectivity index is 1.19. The number of hydrogen-bond donors (Lipinski definition) is 1. The van der Waals surface area contributed by atoms with E-state index in [2.05, 4.69) is 12.2 Å². The van der Waals surface area contributed by atoms with E-state index in [9.17, 15) is 9.59 Å². The average Bonchev–Trinajstić information content (AvgIpc) is 3.52. The van der Waals surface area contributed by atoms with Crippen LogP contribution in [0.4, 0.5) is 10.5 Å². The molecule has 1 heterocycles. The summed E-state index contributed by atoms with van der Waals surface area (Å²) >= 11 is 0. The summed E-state index contributed by atoms with van der Waals surface area (Å²) in [6.45, 7) is 5.10. The van der Waals surface area contributed by atoms with E-state index < -0.39 is 12.4 Å². The fourth-order valence-electron chi connectivity index (χ4n) is 5.67. The van der Waals surface area contributed by atoms with Crippen molar-refractivity contribution in [1.29, 1.82) is 0 Å². The van der Waals surface area contributed by atoms with E-state index >= 15 is 0 Å². The standard InChI is InChI=1S/C31H43N3O6/c1-4-5-16-33(22-30(37-2)38-3)29(35)15-17-39-34-20-24-18-26(19-25(24)21-34)40-31(36)32-28-14-10-9-13-27(28)23-11-7-6-8-12-23/h6-14,24-26,30H,4-5,15-22H2,1-3H3,(H,32,36). The van der Waals surface area contributed by atoms with Gasteiger partial charge in [-0.1, -0.05) is 61.9 Å². The van der Waals surface area contributed by atoms with Crippen molar-refractivity contribution in [3.8, 4) is 11.1 Å². The predicted octanol–water partition coefficient (Wildman–Crippen LogP) is 5.18. The lowest BCUT2D eigenvalue weighted by atomic mass is 10.0. The molecule has 0 bridgehead atoms. The van der Waals surface area contributed by atoms with Crippen LogP contribution in [0.25, 0.3) is 11.1 Å². The van der Waals surface area contributed by atoms with E-state index in [4.69, 9.17) is 19.0 Å². The summed E-state index contributed by atoms with van der Waals surface area (Å²) in [5.74, 6) is 0.867. The highest BCUT2D eigenvalue weighted by Gasteiger charge is 2.43.